The van der Waals surface area contributed by atoms with Crippen LogP contribution >= 0.6 is 23.2 Å². The van der Waals surface area contributed by atoms with Crippen LogP contribution in [0.2, 0.25) is 10.0 Å². The van der Waals surface area contributed by atoms with E-state index in [-0.39, 0.29) is 57.3 Å². The minimum atomic E-state index is -0.697. The number of ether oxygens (including phenoxy) is 1. The summed E-state index contributed by atoms with van der Waals surface area (Å²) in [4.78, 5) is 38.3. The number of amides is 2. The van der Waals surface area contributed by atoms with E-state index in [2.05, 4.69) is 10.6 Å². The van der Waals surface area contributed by atoms with E-state index in [1.165, 1.54) is 18.2 Å². The van der Waals surface area contributed by atoms with Crippen LogP contribution in [-0.2, 0) is 4.79 Å². The molecule has 2 amide bonds. The number of nitrogens with zero attached hydrogens (tertiary/aromatic N) is 1. The molecule has 0 bridgehead atoms. The molecule has 7 nitrogen and oxygen atoms in total. The van der Waals surface area contributed by atoms with Crippen molar-refractivity contribution in [2.45, 2.75) is 50.6 Å². The SMILES string of the molecule is O=C(COc1ccc(Cl)c(F)c1)NC[C@H]1CC[C@H](NC(=O)c2cn(C3CC3)c3cc(Cl)c(F)cc3c2=O)CC1. The first-order valence-electron chi connectivity index (χ1n) is 12.9. The van der Waals surface area contributed by atoms with E-state index in [4.69, 9.17) is 27.9 Å². The molecule has 2 aromatic carbocycles. The molecule has 0 spiro atoms. The lowest BCUT2D eigenvalue weighted by Gasteiger charge is -2.29. The highest BCUT2D eigenvalue weighted by atomic mass is 35.5. The third-order valence-electron chi connectivity index (χ3n) is 7.29. The van der Waals surface area contributed by atoms with E-state index in [9.17, 15) is 23.2 Å². The number of halogens is 4. The molecule has 2 fully saturated rings. The van der Waals surface area contributed by atoms with E-state index < -0.39 is 23.0 Å². The monoisotopic (exact) mass is 577 g/mol. The number of hydrogen-bond donors (Lipinski definition) is 2. The number of nitrogens with one attached hydrogen (secondary N) is 2. The first kappa shape index (κ1) is 27.4. The van der Waals surface area contributed by atoms with E-state index in [0.29, 0.717) is 24.9 Å². The third kappa shape index (κ3) is 6.36. The summed E-state index contributed by atoms with van der Waals surface area (Å²) in [6, 6.07) is 6.56. The van der Waals surface area contributed by atoms with Gasteiger partial charge in [0.05, 0.1) is 15.6 Å². The molecule has 2 aliphatic carbocycles. The highest BCUT2D eigenvalue weighted by Crippen LogP contribution is 2.37. The van der Waals surface area contributed by atoms with Crippen LogP contribution in [0, 0.1) is 17.6 Å². The Balaban J connectivity index is 1.13. The van der Waals surface area contributed by atoms with E-state index >= 15 is 0 Å². The Morgan fingerprint density at radius 1 is 0.974 bits per heavy atom. The molecule has 0 atom stereocenters. The zero-order valence-electron chi connectivity index (χ0n) is 20.9. The predicted octanol–water partition coefficient (Wildman–Crippen LogP) is 5.41. The van der Waals surface area contributed by atoms with Gasteiger partial charge in [0.15, 0.2) is 6.61 Å². The van der Waals surface area contributed by atoms with Crippen LogP contribution in [0.4, 0.5) is 8.78 Å². The van der Waals surface area contributed by atoms with Gasteiger partial charge < -0.3 is 19.9 Å². The molecule has 0 radical (unpaired) electrons. The van der Waals surface area contributed by atoms with Crippen molar-refractivity contribution >= 4 is 45.9 Å². The van der Waals surface area contributed by atoms with Gasteiger partial charge in [0, 0.05) is 36.3 Å². The summed E-state index contributed by atoms with van der Waals surface area (Å²) in [5.74, 6) is -1.66. The number of fused-ring (bicyclic) bond motifs is 1. The second-order valence-electron chi connectivity index (χ2n) is 10.2. The fraction of sp³-hybridized carbons (Fsp3) is 0.393. The molecule has 1 aromatic heterocycles. The van der Waals surface area contributed by atoms with Gasteiger partial charge in [0.25, 0.3) is 11.8 Å². The molecule has 2 saturated carbocycles. The number of carbonyl (C=O) groups excluding carboxylic acids is 2. The summed E-state index contributed by atoms with van der Waals surface area (Å²) in [5, 5.41) is 5.85. The maximum atomic E-state index is 14.1. The number of pyridine rings is 1. The first-order chi connectivity index (χ1) is 18.7. The quantitative estimate of drug-likeness (QED) is 0.375. The van der Waals surface area contributed by atoms with Crippen LogP contribution < -0.4 is 20.8 Å². The van der Waals surface area contributed by atoms with Gasteiger partial charge in [0.1, 0.15) is 22.9 Å². The minimum Gasteiger partial charge on any atom is -0.484 e. The molecular weight excluding hydrogens is 551 g/mol. The average molecular weight is 578 g/mol. The Bertz CT molecular complexity index is 1480. The summed E-state index contributed by atoms with van der Waals surface area (Å²) < 4.78 is 34.8. The third-order valence-corrected chi connectivity index (χ3v) is 7.89. The maximum Gasteiger partial charge on any atom is 0.257 e. The molecule has 0 aliphatic heterocycles. The number of aromatic nitrogens is 1. The topological polar surface area (TPSA) is 89.4 Å². The van der Waals surface area contributed by atoms with Crippen molar-refractivity contribution in [1.29, 1.82) is 0 Å². The highest BCUT2D eigenvalue weighted by Gasteiger charge is 2.29. The van der Waals surface area contributed by atoms with Gasteiger partial charge in [-0.1, -0.05) is 23.2 Å². The van der Waals surface area contributed by atoms with Crippen LogP contribution in [0.15, 0.2) is 41.3 Å². The Morgan fingerprint density at radius 2 is 1.69 bits per heavy atom. The molecule has 0 saturated heterocycles. The van der Waals surface area contributed by atoms with Crippen molar-refractivity contribution in [2.75, 3.05) is 13.2 Å². The minimum absolute atomic E-state index is 0.00826. The van der Waals surface area contributed by atoms with Crippen LogP contribution in [0.25, 0.3) is 10.9 Å². The van der Waals surface area contributed by atoms with Crippen molar-refractivity contribution in [3.8, 4) is 5.75 Å². The van der Waals surface area contributed by atoms with Gasteiger partial charge in [-0.3, -0.25) is 14.4 Å². The van der Waals surface area contributed by atoms with Gasteiger partial charge in [-0.25, -0.2) is 8.78 Å². The molecule has 0 unspecified atom stereocenters. The highest BCUT2D eigenvalue weighted by molar-refractivity contribution is 6.31. The molecule has 2 aliphatic rings. The van der Waals surface area contributed by atoms with Crippen molar-refractivity contribution in [3.05, 3.63) is 74.0 Å². The maximum absolute atomic E-state index is 14.1. The first-order valence-corrected chi connectivity index (χ1v) is 13.6. The van der Waals surface area contributed by atoms with Crippen molar-refractivity contribution in [3.63, 3.8) is 0 Å². The zero-order valence-corrected chi connectivity index (χ0v) is 22.5. The number of carbonyl (C=O) groups is 2. The summed E-state index contributed by atoms with van der Waals surface area (Å²) in [7, 11) is 0. The molecule has 206 valence electrons. The van der Waals surface area contributed by atoms with Gasteiger partial charge in [-0.05, 0) is 68.7 Å². The Kier molecular flexibility index (Phi) is 8.09. The fourth-order valence-electron chi connectivity index (χ4n) is 4.96. The molecule has 5 rings (SSSR count). The molecule has 2 N–H and O–H groups in total. The summed E-state index contributed by atoms with van der Waals surface area (Å²) in [6.07, 6.45) is 6.35. The van der Waals surface area contributed by atoms with Crippen LogP contribution in [0.3, 0.4) is 0 Å². The fourth-order valence-corrected chi connectivity index (χ4v) is 5.23. The molecule has 3 aromatic rings. The van der Waals surface area contributed by atoms with E-state index in [0.717, 1.165) is 37.8 Å². The average Bonchev–Trinajstić information content (AvgIpc) is 3.76. The molecule has 39 heavy (non-hydrogen) atoms. The van der Waals surface area contributed by atoms with E-state index in [1.54, 1.807) is 6.20 Å². The number of rotatable bonds is 8. The smallest absolute Gasteiger partial charge is 0.257 e. The van der Waals surface area contributed by atoms with Gasteiger partial charge >= 0.3 is 0 Å². The molecular formula is C28H27Cl2F2N3O4. The van der Waals surface area contributed by atoms with Crippen LogP contribution in [0.5, 0.6) is 5.75 Å². The largest absolute Gasteiger partial charge is 0.484 e. The number of benzene rings is 2. The van der Waals surface area contributed by atoms with Crippen LogP contribution in [-0.4, -0.2) is 35.6 Å². The lowest BCUT2D eigenvalue weighted by molar-refractivity contribution is -0.123. The summed E-state index contributed by atoms with van der Waals surface area (Å²) >= 11 is 11.6. The lowest BCUT2D eigenvalue weighted by atomic mass is 9.86. The normalized spacial score (nSPS) is 19.1. The molecule has 1 heterocycles. The van der Waals surface area contributed by atoms with Crippen molar-refractivity contribution in [1.82, 2.24) is 15.2 Å². The zero-order chi connectivity index (χ0) is 27.7. The Morgan fingerprint density at radius 3 is 2.38 bits per heavy atom. The number of hydrogen-bond acceptors (Lipinski definition) is 4. The standard InChI is InChI=1S/C28H27Cl2F2N3O4/c29-21-8-7-18(9-23(21)31)39-14-26(36)33-12-15-1-3-16(4-2-15)34-28(38)20-13-35(17-5-6-17)25-11-22(30)24(32)10-19(25)27(20)37/h7-11,13,15-17H,1-6,12,14H2,(H,33,36)(H,34,38)/t15-,16-. The van der Waals surface area contributed by atoms with Crippen molar-refractivity contribution in [2.24, 2.45) is 5.92 Å². The molecule has 11 heteroatoms. The van der Waals surface area contributed by atoms with Crippen LogP contribution in [0.1, 0.15) is 54.9 Å². The Labute approximate surface area is 233 Å². The lowest BCUT2D eigenvalue weighted by Crippen LogP contribution is -2.41. The second kappa shape index (κ2) is 11.5. The van der Waals surface area contributed by atoms with Crippen molar-refractivity contribution < 1.29 is 23.1 Å². The second-order valence-corrected chi connectivity index (χ2v) is 11.0. The van der Waals surface area contributed by atoms with E-state index in [1.807, 2.05) is 4.57 Å². The summed E-state index contributed by atoms with van der Waals surface area (Å²) in [5.41, 5.74) is -0.000245. The van der Waals surface area contributed by atoms with Gasteiger partial charge in [-0.2, -0.15) is 0 Å². The van der Waals surface area contributed by atoms with Gasteiger partial charge in [-0.15, -0.1) is 0 Å². The summed E-state index contributed by atoms with van der Waals surface area (Å²) in [6.45, 7) is 0.218. The Hall–Kier alpha value is -3.17. The van der Waals surface area contributed by atoms with Gasteiger partial charge in [0.2, 0.25) is 5.43 Å². The predicted molar refractivity (Wildman–Crippen MR) is 145 cm³/mol.